The fraction of sp³-hybridized carbons (Fsp3) is 0.600. The van der Waals surface area contributed by atoms with Crippen LogP contribution in [0.3, 0.4) is 0 Å². The third-order valence-corrected chi connectivity index (χ3v) is 4.20. The molecule has 0 saturated carbocycles. The summed E-state index contributed by atoms with van der Waals surface area (Å²) in [5, 5.41) is 8.31. The lowest BCUT2D eigenvalue weighted by Crippen LogP contribution is -2.48. The van der Waals surface area contributed by atoms with Gasteiger partial charge in [0.1, 0.15) is 0 Å². The Balaban J connectivity index is 1.66. The Bertz CT molecular complexity index is 581. The highest BCUT2D eigenvalue weighted by Crippen LogP contribution is 2.16. The number of hydrogen-bond donors (Lipinski definition) is 1. The Hall–Kier alpha value is -1.46. The van der Waals surface area contributed by atoms with Gasteiger partial charge in [0.2, 0.25) is 0 Å². The summed E-state index contributed by atoms with van der Waals surface area (Å²) in [7, 11) is 0. The van der Waals surface area contributed by atoms with E-state index in [1.54, 1.807) is 0 Å². The van der Waals surface area contributed by atoms with Crippen LogP contribution in [0, 0.1) is 6.92 Å². The van der Waals surface area contributed by atoms with E-state index in [9.17, 15) is 0 Å². The molecule has 5 heteroatoms. The molecule has 0 amide bonds. The Morgan fingerprint density at radius 3 is 2.70 bits per heavy atom. The average molecular weight is 273 g/mol. The van der Waals surface area contributed by atoms with Crippen LogP contribution in [0.25, 0.3) is 11.0 Å². The molecular weight excluding hydrogens is 250 g/mol. The van der Waals surface area contributed by atoms with Crippen molar-refractivity contribution in [1.29, 1.82) is 0 Å². The summed E-state index contributed by atoms with van der Waals surface area (Å²) in [4.78, 5) is 9.48. The number of fused-ring (bicyclic) bond motifs is 1. The lowest BCUT2D eigenvalue weighted by molar-refractivity contribution is 0.104. The van der Waals surface area contributed by atoms with Crippen molar-refractivity contribution in [2.24, 2.45) is 0 Å². The largest absolute Gasteiger partial charge is 0.298 e. The Kier molecular flexibility index (Phi) is 3.72. The second-order valence-corrected chi connectivity index (χ2v) is 5.97. The molecular formula is C15H23N5. The first-order chi connectivity index (χ1) is 9.63. The predicted octanol–water partition coefficient (Wildman–Crippen LogP) is 1.79. The third-order valence-electron chi connectivity index (χ3n) is 4.20. The molecule has 3 rings (SSSR count). The van der Waals surface area contributed by atoms with Crippen LogP contribution in [0.2, 0.25) is 0 Å². The van der Waals surface area contributed by atoms with Crippen molar-refractivity contribution in [2.45, 2.75) is 33.4 Å². The fourth-order valence-corrected chi connectivity index (χ4v) is 2.85. The van der Waals surface area contributed by atoms with E-state index in [2.05, 4.69) is 44.9 Å². The molecule has 1 saturated heterocycles. The van der Waals surface area contributed by atoms with Gasteiger partial charge in [0, 0.05) is 56.0 Å². The van der Waals surface area contributed by atoms with Crippen LogP contribution in [-0.2, 0) is 6.54 Å². The maximum atomic E-state index is 4.43. The molecule has 2 aromatic rings. The molecule has 1 aliphatic heterocycles. The molecule has 2 aromatic heterocycles. The molecule has 3 heterocycles. The molecule has 108 valence electrons. The monoisotopic (exact) mass is 273 g/mol. The minimum absolute atomic E-state index is 0.656. The van der Waals surface area contributed by atoms with Crippen LogP contribution < -0.4 is 0 Å². The van der Waals surface area contributed by atoms with Crippen molar-refractivity contribution < 1.29 is 0 Å². The molecule has 1 N–H and O–H groups in total. The summed E-state index contributed by atoms with van der Waals surface area (Å²) in [6.45, 7) is 12.2. The van der Waals surface area contributed by atoms with Gasteiger partial charge in [0.05, 0.1) is 0 Å². The van der Waals surface area contributed by atoms with Gasteiger partial charge < -0.3 is 0 Å². The Morgan fingerprint density at radius 1 is 1.25 bits per heavy atom. The molecule has 20 heavy (non-hydrogen) atoms. The molecule has 0 aliphatic carbocycles. The van der Waals surface area contributed by atoms with E-state index in [4.69, 9.17) is 0 Å². The minimum atomic E-state index is 0.656. The minimum Gasteiger partial charge on any atom is -0.298 e. The van der Waals surface area contributed by atoms with Gasteiger partial charge in [0.25, 0.3) is 0 Å². The molecule has 5 nitrogen and oxygen atoms in total. The number of aromatic nitrogens is 3. The lowest BCUT2D eigenvalue weighted by atomic mass is 10.2. The van der Waals surface area contributed by atoms with Gasteiger partial charge in [-0.05, 0) is 32.4 Å². The second kappa shape index (κ2) is 5.50. The first kappa shape index (κ1) is 13.5. The van der Waals surface area contributed by atoms with Crippen molar-refractivity contribution in [3.63, 3.8) is 0 Å². The van der Waals surface area contributed by atoms with E-state index in [0.29, 0.717) is 6.04 Å². The zero-order valence-corrected chi connectivity index (χ0v) is 12.6. The van der Waals surface area contributed by atoms with E-state index < -0.39 is 0 Å². The summed E-state index contributed by atoms with van der Waals surface area (Å²) in [5.41, 5.74) is 3.19. The summed E-state index contributed by atoms with van der Waals surface area (Å²) in [6, 6.07) is 2.87. The number of H-pyrrole nitrogens is 1. The maximum Gasteiger partial charge on any atom is 0.181 e. The van der Waals surface area contributed by atoms with Gasteiger partial charge in [0.15, 0.2) is 5.65 Å². The number of nitrogens with zero attached hydrogens (tertiary/aromatic N) is 4. The van der Waals surface area contributed by atoms with E-state index in [0.717, 1.165) is 49.5 Å². The van der Waals surface area contributed by atoms with Crippen molar-refractivity contribution in [3.8, 4) is 0 Å². The number of aryl methyl sites for hydroxylation is 1. The topological polar surface area (TPSA) is 48.1 Å². The number of hydrogen-bond acceptors (Lipinski definition) is 4. The Labute approximate surface area is 120 Å². The van der Waals surface area contributed by atoms with Crippen LogP contribution in [0.4, 0.5) is 0 Å². The lowest BCUT2D eigenvalue weighted by Gasteiger charge is -2.36. The molecule has 1 aliphatic rings. The zero-order chi connectivity index (χ0) is 14.1. The van der Waals surface area contributed by atoms with Crippen LogP contribution in [-0.4, -0.2) is 57.2 Å². The first-order valence-electron chi connectivity index (χ1n) is 7.39. The quantitative estimate of drug-likeness (QED) is 0.926. The van der Waals surface area contributed by atoms with Crippen LogP contribution in [0.1, 0.15) is 25.1 Å². The number of pyridine rings is 1. The van der Waals surface area contributed by atoms with E-state index >= 15 is 0 Å². The van der Waals surface area contributed by atoms with Crippen LogP contribution in [0.5, 0.6) is 0 Å². The second-order valence-electron chi connectivity index (χ2n) is 5.97. The predicted molar refractivity (Wildman–Crippen MR) is 80.6 cm³/mol. The average Bonchev–Trinajstić information content (AvgIpc) is 2.81. The van der Waals surface area contributed by atoms with Crippen LogP contribution >= 0.6 is 0 Å². The number of aromatic amines is 1. The third kappa shape index (κ3) is 2.69. The first-order valence-corrected chi connectivity index (χ1v) is 7.39. The number of nitrogens with one attached hydrogen (secondary N) is 1. The molecule has 0 radical (unpaired) electrons. The number of piperazine rings is 1. The van der Waals surface area contributed by atoms with Crippen molar-refractivity contribution in [1.82, 2.24) is 25.0 Å². The van der Waals surface area contributed by atoms with Crippen LogP contribution in [0.15, 0.2) is 12.3 Å². The van der Waals surface area contributed by atoms with Gasteiger partial charge in [-0.25, -0.2) is 4.98 Å². The van der Waals surface area contributed by atoms with E-state index in [-0.39, 0.29) is 0 Å². The summed E-state index contributed by atoms with van der Waals surface area (Å²) in [6.07, 6.45) is 1.96. The van der Waals surface area contributed by atoms with Gasteiger partial charge in [-0.2, -0.15) is 5.10 Å². The van der Waals surface area contributed by atoms with E-state index in [1.165, 1.54) is 5.56 Å². The van der Waals surface area contributed by atoms with E-state index in [1.807, 2.05) is 13.1 Å². The Morgan fingerprint density at radius 2 is 2.00 bits per heavy atom. The molecule has 0 unspecified atom stereocenters. The van der Waals surface area contributed by atoms with Crippen molar-refractivity contribution >= 4 is 11.0 Å². The van der Waals surface area contributed by atoms with Gasteiger partial charge in [-0.15, -0.1) is 0 Å². The molecule has 0 bridgehead atoms. The fourth-order valence-electron chi connectivity index (χ4n) is 2.85. The molecule has 0 atom stereocenters. The highest BCUT2D eigenvalue weighted by molar-refractivity contribution is 5.77. The molecule has 1 fully saturated rings. The van der Waals surface area contributed by atoms with Gasteiger partial charge >= 0.3 is 0 Å². The molecule has 0 spiro atoms. The van der Waals surface area contributed by atoms with Gasteiger partial charge in [-0.1, -0.05) is 0 Å². The smallest absolute Gasteiger partial charge is 0.181 e. The zero-order valence-electron chi connectivity index (χ0n) is 12.6. The normalized spacial score (nSPS) is 18.2. The summed E-state index contributed by atoms with van der Waals surface area (Å²) in [5.74, 6) is 0. The van der Waals surface area contributed by atoms with Gasteiger partial charge in [-0.3, -0.25) is 14.9 Å². The van der Waals surface area contributed by atoms with Crippen molar-refractivity contribution in [2.75, 3.05) is 26.2 Å². The highest BCUT2D eigenvalue weighted by Gasteiger charge is 2.19. The summed E-state index contributed by atoms with van der Waals surface area (Å²) < 4.78 is 0. The molecule has 0 aromatic carbocycles. The summed E-state index contributed by atoms with van der Waals surface area (Å²) >= 11 is 0. The number of rotatable bonds is 3. The standard InChI is InChI=1S/C15H23N5/c1-11(2)20-6-4-19(5-7-20)10-13-8-14-12(3)17-18-15(14)16-9-13/h8-9,11H,4-7,10H2,1-3H3,(H,16,17,18). The maximum absolute atomic E-state index is 4.43. The SMILES string of the molecule is Cc1[nH]nc2ncc(CN3CCN(C(C)C)CC3)cc12. The highest BCUT2D eigenvalue weighted by atomic mass is 15.3. The van der Waals surface area contributed by atoms with Crippen molar-refractivity contribution in [3.05, 3.63) is 23.5 Å².